The Labute approximate surface area is 113 Å². The number of benzene rings is 1. The first-order valence-electron chi connectivity index (χ1n) is 6.87. The van der Waals surface area contributed by atoms with Crippen LogP contribution in [-0.4, -0.2) is 11.8 Å². The van der Waals surface area contributed by atoms with E-state index in [4.69, 9.17) is 9.47 Å². The van der Waals surface area contributed by atoms with Gasteiger partial charge in [-0.2, -0.15) is 0 Å². The van der Waals surface area contributed by atoms with Crippen LogP contribution < -0.4 is 0 Å². The summed E-state index contributed by atoms with van der Waals surface area (Å²) < 4.78 is 10.5. The minimum Gasteiger partial charge on any atom is -0.427 e. The number of carbonyl (C=O) groups excluding carboxylic acids is 1. The largest absolute Gasteiger partial charge is 0.513 e. The molecular formula is C16H18O3. The number of ether oxygens (including phenoxy) is 2. The van der Waals surface area contributed by atoms with Gasteiger partial charge in [-0.25, -0.2) is 4.79 Å². The molecule has 2 aliphatic carbocycles. The third-order valence-electron chi connectivity index (χ3n) is 4.20. The van der Waals surface area contributed by atoms with Gasteiger partial charge in [-0.05, 0) is 49.7 Å². The van der Waals surface area contributed by atoms with Crippen LogP contribution in [0.1, 0.15) is 37.7 Å². The topological polar surface area (TPSA) is 35.5 Å². The molecule has 0 saturated heterocycles. The van der Waals surface area contributed by atoms with Gasteiger partial charge in [0.05, 0.1) is 6.26 Å². The van der Waals surface area contributed by atoms with Gasteiger partial charge in [0, 0.05) is 0 Å². The molecule has 100 valence electrons. The summed E-state index contributed by atoms with van der Waals surface area (Å²) >= 11 is 0. The second-order valence-corrected chi connectivity index (χ2v) is 5.51. The Morgan fingerprint density at radius 2 is 1.95 bits per heavy atom. The van der Waals surface area contributed by atoms with Crippen LogP contribution in [0.3, 0.4) is 0 Å². The molecule has 1 aromatic carbocycles. The minimum atomic E-state index is -0.574. The smallest absolute Gasteiger partial charge is 0.427 e. The minimum absolute atomic E-state index is 0.220. The summed E-state index contributed by atoms with van der Waals surface area (Å²) in [6, 6.07) is 9.72. The maximum absolute atomic E-state index is 11.7. The third kappa shape index (κ3) is 2.80. The normalized spacial score (nSPS) is 28.7. The summed E-state index contributed by atoms with van der Waals surface area (Å²) in [4.78, 5) is 11.7. The SMILES string of the molecule is O=C(OC=Cc1ccccc1)OC12CCC(CC1)C2. The second kappa shape index (κ2) is 5.08. The van der Waals surface area contributed by atoms with Gasteiger partial charge in [0.1, 0.15) is 5.60 Å². The number of rotatable bonds is 3. The van der Waals surface area contributed by atoms with Crippen LogP contribution >= 0.6 is 0 Å². The van der Waals surface area contributed by atoms with E-state index in [1.807, 2.05) is 30.3 Å². The zero-order chi connectivity index (χ0) is 13.1. The van der Waals surface area contributed by atoms with Crippen molar-refractivity contribution >= 4 is 12.2 Å². The summed E-state index contributed by atoms with van der Waals surface area (Å²) in [6.45, 7) is 0. The standard InChI is InChI=1S/C16H18O3/c17-15(18-11-8-13-4-2-1-3-5-13)19-16-9-6-14(12-16)7-10-16/h1-5,8,11,14H,6-7,9-10,12H2. The predicted octanol–water partition coefficient (Wildman–Crippen LogP) is 4.14. The van der Waals surface area contributed by atoms with Crippen LogP contribution in [0.4, 0.5) is 4.79 Å². The van der Waals surface area contributed by atoms with E-state index in [-0.39, 0.29) is 5.60 Å². The summed E-state index contributed by atoms with van der Waals surface area (Å²) in [5.41, 5.74) is 0.776. The number of carbonyl (C=O) groups is 1. The molecule has 0 aromatic heterocycles. The van der Waals surface area contributed by atoms with Gasteiger partial charge >= 0.3 is 6.16 Å². The van der Waals surface area contributed by atoms with Crippen LogP contribution in [0, 0.1) is 5.92 Å². The third-order valence-corrected chi connectivity index (χ3v) is 4.20. The molecular weight excluding hydrogens is 240 g/mol. The summed E-state index contributed by atoms with van der Waals surface area (Å²) in [6.07, 6.45) is 7.96. The van der Waals surface area contributed by atoms with Crippen LogP contribution in [0.2, 0.25) is 0 Å². The average Bonchev–Trinajstić information content (AvgIpc) is 3.00. The molecule has 0 unspecified atom stereocenters. The van der Waals surface area contributed by atoms with Crippen molar-refractivity contribution in [1.82, 2.24) is 0 Å². The van der Waals surface area contributed by atoms with E-state index in [9.17, 15) is 4.79 Å². The Kier molecular flexibility index (Phi) is 3.28. The highest BCUT2D eigenvalue weighted by molar-refractivity contribution is 5.63. The molecule has 19 heavy (non-hydrogen) atoms. The molecule has 2 fully saturated rings. The summed E-state index contributed by atoms with van der Waals surface area (Å²) in [5, 5.41) is 0. The van der Waals surface area contributed by atoms with Crippen molar-refractivity contribution in [2.75, 3.05) is 0 Å². The van der Waals surface area contributed by atoms with Crippen molar-refractivity contribution in [2.24, 2.45) is 5.92 Å². The molecule has 3 heteroatoms. The Morgan fingerprint density at radius 1 is 1.21 bits per heavy atom. The first-order valence-corrected chi connectivity index (χ1v) is 6.87. The Bertz CT molecular complexity index is 470. The molecule has 1 aromatic rings. The lowest BCUT2D eigenvalue weighted by atomic mass is 9.97. The molecule has 2 saturated carbocycles. The number of fused-ring (bicyclic) bond motifs is 2. The quantitative estimate of drug-likeness (QED) is 0.603. The Morgan fingerprint density at radius 3 is 2.58 bits per heavy atom. The lowest BCUT2D eigenvalue weighted by molar-refractivity contribution is -0.0150. The van der Waals surface area contributed by atoms with E-state index >= 15 is 0 Å². The van der Waals surface area contributed by atoms with Crippen molar-refractivity contribution in [3.63, 3.8) is 0 Å². The van der Waals surface area contributed by atoms with Crippen molar-refractivity contribution < 1.29 is 14.3 Å². The molecule has 0 spiro atoms. The average molecular weight is 258 g/mol. The van der Waals surface area contributed by atoms with E-state index in [2.05, 4.69) is 0 Å². The van der Waals surface area contributed by atoms with E-state index in [1.165, 1.54) is 19.1 Å². The molecule has 0 heterocycles. The van der Waals surface area contributed by atoms with E-state index < -0.39 is 6.16 Å². The monoisotopic (exact) mass is 258 g/mol. The van der Waals surface area contributed by atoms with Crippen molar-refractivity contribution in [3.05, 3.63) is 42.2 Å². The van der Waals surface area contributed by atoms with Gasteiger partial charge in [0.2, 0.25) is 0 Å². The molecule has 0 radical (unpaired) electrons. The fourth-order valence-corrected chi connectivity index (χ4v) is 3.21. The van der Waals surface area contributed by atoms with Crippen molar-refractivity contribution in [2.45, 2.75) is 37.7 Å². The number of hydrogen-bond acceptors (Lipinski definition) is 3. The van der Waals surface area contributed by atoms with E-state index in [0.717, 1.165) is 30.7 Å². The highest BCUT2D eigenvalue weighted by Gasteiger charge is 2.48. The first-order chi connectivity index (χ1) is 9.26. The molecule has 0 atom stereocenters. The van der Waals surface area contributed by atoms with Gasteiger partial charge in [0.15, 0.2) is 0 Å². The van der Waals surface area contributed by atoms with E-state index in [0.29, 0.717) is 0 Å². The number of hydrogen-bond donors (Lipinski definition) is 0. The Hall–Kier alpha value is -1.77. The highest BCUT2D eigenvalue weighted by atomic mass is 16.7. The van der Waals surface area contributed by atoms with Crippen molar-refractivity contribution in [3.8, 4) is 0 Å². The summed E-state index contributed by atoms with van der Waals surface area (Å²) in [7, 11) is 0. The lowest BCUT2D eigenvalue weighted by Gasteiger charge is -2.25. The molecule has 2 aliphatic rings. The van der Waals surface area contributed by atoms with Crippen molar-refractivity contribution in [1.29, 1.82) is 0 Å². The zero-order valence-electron chi connectivity index (χ0n) is 10.9. The fraction of sp³-hybridized carbons (Fsp3) is 0.438. The van der Waals surface area contributed by atoms with Crippen LogP contribution in [-0.2, 0) is 9.47 Å². The molecule has 0 aliphatic heterocycles. The molecule has 0 amide bonds. The molecule has 2 bridgehead atoms. The molecule has 3 nitrogen and oxygen atoms in total. The maximum atomic E-state index is 11.7. The maximum Gasteiger partial charge on any atom is 0.513 e. The van der Waals surface area contributed by atoms with Crippen LogP contribution in [0.15, 0.2) is 36.6 Å². The van der Waals surface area contributed by atoms with Gasteiger partial charge < -0.3 is 9.47 Å². The highest BCUT2D eigenvalue weighted by Crippen LogP contribution is 2.50. The van der Waals surface area contributed by atoms with Gasteiger partial charge in [0.25, 0.3) is 0 Å². The second-order valence-electron chi connectivity index (χ2n) is 5.51. The molecule has 0 N–H and O–H groups in total. The summed E-state index contributed by atoms with van der Waals surface area (Å²) in [5.74, 6) is 0.757. The lowest BCUT2D eigenvalue weighted by Crippen LogP contribution is -2.29. The molecule has 3 rings (SSSR count). The van der Waals surface area contributed by atoms with Crippen LogP contribution in [0.25, 0.3) is 6.08 Å². The first kappa shape index (κ1) is 12.3. The van der Waals surface area contributed by atoms with E-state index in [1.54, 1.807) is 6.08 Å². The van der Waals surface area contributed by atoms with Crippen LogP contribution in [0.5, 0.6) is 0 Å². The van der Waals surface area contributed by atoms with Gasteiger partial charge in [-0.1, -0.05) is 30.3 Å². The Balaban J connectivity index is 1.51. The fourth-order valence-electron chi connectivity index (χ4n) is 3.21. The predicted molar refractivity (Wildman–Crippen MR) is 72.3 cm³/mol. The zero-order valence-corrected chi connectivity index (χ0v) is 10.9. The van der Waals surface area contributed by atoms with Gasteiger partial charge in [-0.3, -0.25) is 0 Å². The van der Waals surface area contributed by atoms with Gasteiger partial charge in [-0.15, -0.1) is 0 Å².